The molecule has 0 saturated carbocycles. The van der Waals surface area contributed by atoms with Crippen molar-refractivity contribution in [3.8, 4) is 0 Å². The largest absolute Gasteiger partial charge is 0.387 e. The Hall–Kier alpha value is -2.81. The molecule has 0 bridgehead atoms. The van der Waals surface area contributed by atoms with Crippen LogP contribution in [-0.2, 0) is 4.74 Å². The van der Waals surface area contributed by atoms with Gasteiger partial charge in [0.1, 0.15) is 23.6 Å². The van der Waals surface area contributed by atoms with Gasteiger partial charge in [0, 0.05) is 17.7 Å². The molecular weight excluding hydrogens is 367 g/mol. The summed E-state index contributed by atoms with van der Waals surface area (Å²) < 4.78 is 18.6. The highest BCUT2D eigenvalue weighted by Gasteiger charge is 2.48. The van der Waals surface area contributed by atoms with E-state index in [1.54, 1.807) is 30.3 Å². The van der Waals surface area contributed by atoms with E-state index < -0.39 is 29.5 Å². The fraction of sp³-hybridized carbons (Fsp3) is 0.300. The third-order valence-electron chi connectivity index (χ3n) is 4.59. The molecule has 1 heterocycles. The minimum atomic E-state index is -1.68. The van der Waals surface area contributed by atoms with Crippen molar-refractivity contribution in [3.63, 3.8) is 0 Å². The molecule has 0 aromatic heterocycles. The molecule has 2 aromatic carbocycles. The summed E-state index contributed by atoms with van der Waals surface area (Å²) in [6.07, 6.45) is -2.19. The van der Waals surface area contributed by atoms with Crippen molar-refractivity contribution < 1.29 is 28.9 Å². The van der Waals surface area contributed by atoms with Crippen LogP contribution in [0.4, 0.5) is 4.39 Å². The number of hydrogen-bond donors (Lipinski definition) is 4. The van der Waals surface area contributed by atoms with Gasteiger partial charge in [-0.05, 0) is 30.3 Å². The summed E-state index contributed by atoms with van der Waals surface area (Å²) >= 11 is 0. The summed E-state index contributed by atoms with van der Waals surface area (Å²) in [6, 6.07) is 13.7. The van der Waals surface area contributed by atoms with Crippen LogP contribution in [0.1, 0.15) is 20.7 Å². The second-order valence-electron chi connectivity index (χ2n) is 6.67. The van der Waals surface area contributed by atoms with Crippen molar-refractivity contribution >= 4 is 11.8 Å². The molecule has 148 valence electrons. The molecule has 7 nitrogen and oxygen atoms in total. The molecule has 0 radical (unpaired) electrons. The molecule has 1 fully saturated rings. The molecule has 0 unspecified atom stereocenters. The second kappa shape index (κ2) is 8.47. The van der Waals surface area contributed by atoms with Crippen molar-refractivity contribution in [3.05, 3.63) is 71.5 Å². The Balaban J connectivity index is 1.52. The Morgan fingerprint density at radius 3 is 2.46 bits per heavy atom. The first-order valence-electron chi connectivity index (χ1n) is 8.78. The molecular formula is C20H21FN2O5. The highest BCUT2D eigenvalue weighted by atomic mass is 19.1. The average Bonchev–Trinajstić information content (AvgIpc) is 2.99. The Kier molecular flexibility index (Phi) is 6.03. The van der Waals surface area contributed by atoms with Crippen molar-refractivity contribution in [2.75, 3.05) is 19.7 Å². The Morgan fingerprint density at radius 1 is 1.07 bits per heavy atom. The van der Waals surface area contributed by atoms with E-state index in [2.05, 4.69) is 10.6 Å². The van der Waals surface area contributed by atoms with Gasteiger partial charge in [-0.1, -0.05) is 24.3 Å². The first-order valence-corrected chi connectivity index (χ1v) is 8.78. The minimum absolute atomic E-state index is 0.0779. The zero-order chi connectivity index (χ0) is 20.1. The van der Waals surface area contributed by atoms with Crippen molar-refractivity contribution in [1.82, 2.24) is 10.6 Å². The zero-order valence-electron chi connectivity index (χ0n) is 15.0. The summed E-state index contributed by atoms with van der Waals surface area (Å²) in [5.41, 5.74) is -1.12. The van der Waals surface area contributed by atoms with Crippen LogP contribution in [0, 0.1) is 5.82 Å². The van der Waals surface area contributed by atoms with Crippen LogP contribution < -0.4 is 10.6 Å². The molecule has 0 spiro atoms. The maximum absolute atomic E-state index is 13.2. The van der Waals surface area contributed by atoms with Gasteiger partial charge in [0.05, 0.1) is 13.2 Å². The first kappa shape index (κ1) is 19.9. The molecule has 8 heteroatoms. The van der Waals surface area contributed by atoms with Gasteiger partial charge in [0.25, 0.3) is 11.8 Å². The van der Waals surface area contributed by atoms with Crippen molar-refractivity contribution in [1.29, 1.82) is 0 Å². The fourth-order valence-electron chi connectivity index (χ4n) is 2.95. The van der Waals surface area contributed by atoms with Gasteiger partial charge in [-0.2, -0.15) is 0 Å². The third-order valence-corrected chi connectivity index (χ3v) is 4.59. The van der Waals surface area contributed by atoms with Gasteiger partial charge >= 0.3 is 0 Å². The number of aliphatic hydroxyl groups excluding tert-OH is 1. The SMILES string of the molecule is O=C(NC[C@H]1OC[C@@](O)(CNC(=O)c2ccccc2)[C@@H]1O)c1cccc(F)c1. The van der Waals surface area contributed by atoms with E-state index in [0.29, 0.717) is 5.56 Å². The van der Waals surface area contributed by atoms with E-state index in [-0.39, 0.29) is 31.2 Å². The normalized spacial score (nSPS) is 24.0. The highest BCUT2D eigenvalue weighted by Crippen LogP contribution is 2.24. The minimum Gasteiger partial charge on any atom is -0.387 e. The lowest BCUT2D eigenvalue weighted by Crippen LogP contribution is -2.53. The van der Waals surface area contributed by atoms with Gasteiger partial charge in [0.15, 0.2) is 0 Å². The number of carbonyl (C=O) groups excluding carboxylic acids is 2. The van der Waals surface area contributed by atoms with Crippen LogP contribution in [-0.4, -0.2) is 59.5 Å². The van der Waals surface area contributed by atoms with Crippen molar-refractivity contribution in [2.24, 2.45) is 0 Å². The van der Waals surface area contributed by atoms with Crippen LogP contribution in [0.2, 0.25) is 0 Å². The molecule has 2 amide bonds. The monoisotopic (exact) mass is 388 g/mol. The van der Waals surface area contributed by atoms with Crippen LogP contribution in [0.15, 0.2) is 54.6 Å². The van der Waals surface area contributed by atoms with Crippen LogP contribution >= 0.6 is 0 Å². The summed E-state index contributed by atoms with van der Waals surface area (Å²) in [4.78, 5) is 24.2. The summed E-state index contributed by atoms with van der Waals surface area (Å²) in [5, 5.41) is 26.1. The summed E-state index contributed by atoms with van der Waals surface area (Å²) in [5.74, 6) is -1.44. The lowest BCUT2D eigenvalue weighted by molar-refractivity contribution is -0.0464. The van der Waals surface area contributed by atoms with Crippen molar-refractivity contribution in [2.45, 2.75) is 17.8 Å². The molecule has 3 rings (SSSR count). The topological polar surface area (TPSA) is 108 Å². The maximum atomic E-state index is 13.2. The molecule has 0 aliphatic carbocycles. The van der Waals surface area contributed by atoms with Gasteiger partial charge in [0.2, 0.25) is 0 Å². The van der Waals surface area contributed by atoms with Gasteiger partial charge in [-0.15, -0.1) is 0 Å². The number of nitrogens with one attached hydrogen (secondary N) is 2. The number of carbonyl (C=O) groups is 2. The van der Waals surface area contributed by atoms with Gasteiger partial charge in [-0.3, -0.25) is 9.59 Å². The number of halogens is 1. The van der Waals surface area contributed by atoms with Gasteiger partial charge < -0.3 is 25.6 Å². The molecule has 4 N–H and O–H groups in total. The molecule has 28 heavy (non-hydrogen) atoms. The van der Waals surface area contributed by atoms with E-state index >= 15 is 0 Å². The van der Waals surface area contributed by atoms with Crippen LogP contribution in [0.3, 0.4) is 0 Å². The Labute approximate surface area is 161 Å². The molecule has 2 aromatic rings. The first-order chi connectivity index (χ1) is 13.4. The third kappa shape index (κ3) is 4.53. The van der Waals surface area contributed by atoms with E-state index in [1.165, 1.54) is 18.2 Å². The Bertz CT molecular complexity index is 847. The zero-order valence-corrected chi connectivity index (χ0v) is 15.0. The lowest BCUT2D eigenvalue weighted by atomic mass is 9.96. The summed E-state index contributed by atoms with van der Waals surface area (Å²) in [6.45, 7) is -0.495. The number of ether oxygens (including phenoxy) is 1. The lowest BCUT2D eigenvalue weighted by Gasteiger charge is -2.26. The van der Waals surface area contributed by atoms with Gasteiger partial charge in [-0.25, -0.2) is 4.39 Å². The van der Waals surface area contributed by atoms with Crippen LogP contribution in [0.5, 0.6) is 0 Å². The fourth-order valence-corrected chi connectivity index (χ4v) is 2.95. The number of benzene rings is 2. The number of aliphatic hydroxyl groups is 2. The standard InChI is InChI=1S/C20H21FN2O5/c21-15-8-4-7-14(9-15)19(26)22-10-16-17(24)20(27,12-28-16)11-23-18(25)13-5-2-1-3-6-13/h1-9,16-17,24,27H,10-12H2,(H,22,26)(H,23,25)/t16-,17-,20+/m1/s1. The van der Waals surface area contributed by atoms with E-state index in [1.807, 2.05) is 0 Å². The number of rotatable bonds is 6. The molecule has 1 aliphatic heterocycles. The maximum Gasteiger partial charge on any atom is 0.251 e. The van der Waals surface area contributed by atoms with E-state index in [0.717, 1.165) is 6.07 Å². The molecule has 3 atom stereocenters. The Morgan fingerprint density at radius 2 is 1.75 bits per heavy atom. The summed E-state index contributed by atoms with van der Waals surface area (Å²) in [7, 11) is 0. The van der Waals surface area contributed by atoms with E-state index in [4.69, 9.17) is 4.74 Å². The predicted octanol–water partition coefficient (Wildman–Crippen LogP) is 0.476. The van der Waals surface area contributed by atoms with E-state index in [9.17, 15) is 24.2 Å². The quantitative estimate of drug-likeness (QED) is 0.576. The smallest absolute Gasteiger partial charge is 0.251 e. The predicted molar refractivity (Wildman–Crippen MR) is 98.2 cm³/mol. The average molecular weight is 388 g/mol. The van der Waals surface area contributed by atoms with Crippen LogP contribution in [0.25, 0.3) is 0 Å². The number of amides is 2. The highest BCUT2D eigenvalue weighted by molar-refractivity contribution is 5.94. The number of hydrogen-bond acceptors (Lipinski definition) is 5. The second-order valence-corrected chi connectivity index (χ2v) is 6.67. The molecule has 1 aliphatic rings. The molecule has 1 saturated heterocycles.